The molecule has 0 aliphatic carbocycles. The third-order valence-electron chi connectivity index (χ3n) is 4.06. The van der Waals surface area contributed by atoms with Crippen molar-refractivity contribution in [1.29, 1.82) is 0 Å². The van der Waals surface area contributed by atoms with Gasteiger partial charge in [0, 0.05) is 25.2 Å². The van der Waals surface area contributed by atoms with E-state index >= 15 is 0 Å². The van der Waals surface area contributed by atoms with Crippen LogP contribution in [-0.2, 0) is 6.54 Å². The lowest BCUT2D eigenvalue weighted by atomic mass is 10.1. The van der Waals surface area contributed by atoms with Crippen LogP contribution >= 0.6 is 0 Å². The molecule has 0 unspecified atom stereocenters. The Morgan fingerprint density at radius 1 is 1.23 bits per heavy atom. The van der Waals surface area contributed by atoms with Crippen LogP contribution in [0.2, 0.25) is 0 Å². The van der Waals surface area contributed by atoms with Crippen molar-refractivity contribution in [2.45, 2.75) is 46.6 Å². The average molecular weight is 306 g/mol. The summed E-state index contributed by atoms with van der Waals surface area (Å²) in [6.45, 7) is 12.1. The van der Waals surface area contributed by atoms with Gasteiger partial charge >= 0.3 is 0 Å². The summed E-state index contributed by atoms with van der Waals surface area (Å²) in [5.74, 6) is 2.80. The van der Waals surface area contributed by atoms with Crippen molar-refractivity contribution in [2.75, 3.05) is 32.7 Å². The van der Waals surface area contributed by atoms with Crippen LogP contribution in [0, 0.1) is 13.8 Å². The Bertz CT molecular complexity index is 475. The van der Waals surface area contributed by atoms with E-state index in [2.05, 4.69) is 33.5 Å². The molecule has 0 aromatic carbocycles. The smallest absolute Gasteiger partial charge is 0.191 e. The summed E-state index contributed by atoms with van der Waals surface area (Å²) in [4.78, 5) is 7.19. The van der Waals surface area contributed by atoms with E-state index in [1.165, 1.54) is 32.4 Å². The van der Waals surface area contributed by atoms with Gasteiger partial charge in [-0.15, -0.1) is 0 Å². The second kappa shape index (κ2) is 8.83. The molecule has 0 saturated carbocycles. The molecule has 0 amide bonds. The number of hydrogen-bond donors (Lipinski definition) is 2. The maximum Gasteiger partial charge on any atom is 0.191 e. The molecule has 1 aliphatic rings. The normalized spacial score (nSPS) is 16.8. The highest BCUT2D eigenvalue weighted by Gasteiger charge is 2.09. The standard InChI is InChI=1S/C17H30N4O/c1-4-18-17(19-8-11-21-9-6-5-7-10-21)20-13-16-12-14(2)22-15(16)3/h12H,4-11,13H2,1-3H3,(H2,18,19,20). The fourth-order valence-electron chi connectivity index (χ4n) is 2.86. The predicted molar refractivity (Wildman–Crippen MR) is 91.3 cm³/mol. The highest BCUT2D eigenvalue weighted by atomic mass is 16.3. The lowest BCUT2D eigenvalue weighted by molar-refractivity contribution is 0.232. The topological polar surface area (TPSA) is 52.8 Å². The van der Waals surface area contributed by atoms with E-state index in [0.29, 0.717) is 6.54 Å². The zero-order valence-electron chi connectivity index (χ0n) is 14.2. The number of furan rings is 1. The summed E-state index contributed by atoms with van der Waals surface area (Å²) in [5.41, 5.74) is 1.16. The Balaban J connectivity index is 1.80. The van der Waals surface area contributed by atoms with Gasteiger partial charge in [0.2, 0.25) is 0 Å². The highest BCUT2D eigenvalue weighted by Crippen LogP contribution is 2.14. The number of nitrogens with one attached hydrogen (secondary N) is 2. The van der Waals surface area contributed by atoms with Crippen molar-refractivity contribution in [3.05, 3.63) is 23.2 Å². The van der Waals surface area contributed by atoms with E-state index in [1.807, 2.05) is 13.8 Å². The summed E-state index contributed by atoms with van der Waals surface area (Å²) < 4.78 is 5.55. The van der Waals surface area contributed by atoms with E-state index < -0.39 is 0 Å². The Kier molecular flexibility index (Phi) is 6.77. The van der Waals surface area contributed by atoms with Crippen LogP contribution in [0.5, 0.6) is 0 Å². The van der Waals surface area contributed by atoms with Crippen molar-refractivity contribution in [3.8, 4) is 0 Å². The molecular formula is C17H30N4O. The van der Waals surface area contributed by atoms with Crippen molar-refractivity contribution in [1.82, 2.24) is 15.5 Å². The fourth-order valence-corrected chi connectivity index (χ4v) is 2.86. The van der Waals surface area contributed by atoms with Crippen LogP contribution in [0.15, 0.2) is 15.5 Å². The average Bonchev–Trinajstić information content (AvgIpc) is 2.84. The van der Waals surface area contributed by atoms with E-state index in [9.17, 15) is 0 Å². The zero-order valence-corrected chi connectivity index (χ0v) is 14.2. The van der Waals surface area contributed by atoms with Gasteiger partial charge in [-0.25, -0.2) is 4.99 Å². The molecule has 0 atom stereocenters. The molecule has 1 aromatic rings. The molecule has 124 valence electrons. The summed E-state index contributed by atoms with van der Waals surface area (Å²) in [6, 6.07) is 2.07. The van der Waals surface area contributed by atoms with Gasteiger partial charge in [-0.2, -0.15) is 0 Å². The van der Waals surface area contributed by atoms with Gasteiger partial charge in [0.05, 0.1) is 6.54 Å². The summed E-state index contributed by atoms with van der Waals surface area (Å²) in [7, 11) is 0. The number of hydrogen-bond acceptors (Lipinski definition) is 3. The van der Waals surface area contributed by atoms with Crippen LogP contribution in [0.1, 0.15) is 43.3 Å². The Hall–Kier alpha value is -1.49. The predicted octanol–water partition coefficient (Wildman–Crippen LogP) is 2.44. The third kappa shape index (κ3) is 5.37. The largest absolute Gasteiger partial charge is 0.466 e. The molecule has 5 nitrogen and oxygen atoms in total. The van der Waals surface area contributed by atoms with E-state index in [-0.39, 0.29) is 0 Å². The number of likely N-dealkylation sites (tertiary alicyclic amines) is 1. The molecule has 1 fully saturated rings. The molecule has 1 aliphatic heterocycles. The van der Waals surface area contributed by atoms with Crippen molar-refractivity contribution in [3.63, 3.8) is 0 Å². The molecule has 22 heavy (non-hydrogen) atoms. The van der Waals surface area contributed by atoms with Crippen molar-refractivity contribution in [2.24, 2.45) is 4.99 Å². The molecule has 2 heterocycles. The highest BCUT2D eigenvalue weighted by molar-refractivity contribution is 5.79. The second-order valence-corrected chi connectivity index (χ2v) is 5.96. The van der Waals surface area contributed by atoms with Crippen LogP contribution in [-0.4, -0.2) is 43.6 Å². The lowest BCUT2D eigenvalue weighted by Gasteiger charge is -2.26. The van der Waals surface area contributed by atoms with Gasteiger partial charge in [-0.05, 0) is 52.8 Å². The van der Waals surface area contributed by atoms with E-state index in [0.717, 1.165) is 42.7 Å². The Morgan fingerprint density at radius 2 is 2.00 bits per heavy atom. The number of aliphatic imine (C=N–C) groups is 1. The first-order valence-electron chi connectivity index (χ1n) is 8.49. The van der Waals surface area contributed by atoms with Gasteiger partial charge in [0.1, 0.15) is 11.5 Å². The fraction of sp³-hybridized carbons (Fsp3) is 0.706. The first kappa shape index (κ1) is 16.9. The van der Waals surface area contributed by atoms with Gasteiger partial charge in [-0.3, -0.25) is 0 Å². The van der Waals surface area contributed by atoms with Crippen LogP contribution < -0.4 is 10.6 Å². The van der Waals surface area contributed by atoms with Crippen LogP contribution in [0.25, 0.3) is 0 Å². The molecule has 1 saturated heterocycles. The SMILES string of the molecule is CCNC(=NCc1cc(C)oc1C)NCCN1CCCCC1. The number of aryl methyl sites for hydroxylation is 2. The van der Waals surface area contributed by atoms with E-state index in [1.54, 1.807) is 0 Å². The first-order valence-corrected chi connectivity index (χ1v) is 8.49. The minimum absolute atomic E-state index is 0.655. The molecule has 2 rings (SSSR count). The van der Waals surface area contributed by atoms with Gasteiger partial charge in [0.15, 0.2) is 5.96 Å². The third-order valence-corrected chi connectivity index (χ3v) is 4.06. The number of guanidine groups is 1. The molecule has 0 bridgehead atoms. The number of nitrogens with zero attached hydrogens (tertiary/aromatic N) is 2. The maximum absolute atomic E-state index is 5.55. The van der Waals surface area contributed by atoms with Gasteiger partial charge < -0.3 is 20.0 Å². The minimum atomic E-state index is 0.655. The summed E-state index contributed by atoms with van der Waals surface area (Å²) in [6.07, 6.45) is 4.07. The maximum atomic E-state index is 5.55. The monoisotopic (exact) mass is 306 g/mol. The Morgan fingerprint density at radius 3 is 2.64 bits per heavy atom. The minimum Gasteiger partial charge on any atom is -0.466 e. The van der Waals surface area contributed by atoms with Crippen molar-refractivity contribution >= 4 is 5.96 Å². The van der Waals surface area contributed by atoms with Crippen LogP contribution in [0.4, 0.5) is 0 Å². The lowest BCUT2D eigenvalue weighted by Crippen LogP contribution is -2.42. The molecule has 1 aromatic heterocycles. The summed E-state index contributed by atoms with van der Waals surface area (Å²) in [5, 5.41) is 6.74. The van der Waals surface area contributed by atoms with Gasteiger partial charge in [0.25, 0.3) is 0 Å². The first-order chi connectivity index (χ1) is 10.7. The number of rotatable bonds is 6. The second-order valence-electron chi connectivity index (χ2n) is 5.96. The van der Waals surface area contributed by atoms with Crippen LogP contribution in [0.3, 0.4) is 0 Å². The molecule has 0 spiro atoms. The zero-order chi connectivity index (χ0) is 15.8. The molecular weight excluding hydrogens is 276 g/mol. The Labute approximate surface area is 134 Å². The van der Waals surface area contributed by atoms with E-state index in [4.69, 9.17) is 4.42 Å². The van der Waals surface area contributed by atoms with Crippen molar-refractivity contribution < 1.29 is 4.42 Å². The van der Waals surface area contributed by atoms with Gasteiger partial charge in [-0.1, -0.05) is 6.42 Å². The number of piperidine rings is 1. The molecule has 2 N–H and O–H groups in total. The molecule has 0 radical (unpaired) electrons. The summed E-state index contributed by atoms with van der Waals surface area (Å²) >= 11 is 0. The molecule has 5 heteroatoms. The quantitative estimate of drug-likeness (QED) is 0.626.